The SMILES string of the molecule is CC(C)N1CCC(N(C)C)C(C(=O)O)C1. The number of likely N-dealkylation sites (tertiary alicyclic amines) is 1. The Morgan fingerprint density at radius 3 is 2.47 bits per heavy atom. The quantitative estimate of drug-likeness (QED) is 0.752. The van der Waals surface area contributed by atoms with Crippen molar-refractivity contribution >= 4 is 5.97 Å². The molecular formula is C11H22N2O2. The van der Waals surface area contributed by atoms with Crippen LogP contribution in [0.3, 0.4) is 0 Å². The summed E-state index contributed by atoms with van der Waals surface area (Å²) in [6.45, 7) is 5.92. The monoisotopic (exact) mass is 214 g/mol. The lowest BCUT2D eigenvalue weighted by Gasteiger charge is -2.41. The molecule has 0 saturated carbocycles. The van der Waals surface area contributed by atoms with Gasteiger partial charge in [-0.15, -0.1) is 0 Å². The van der Waals surface area contributed by atoms with E-state index in [-0.39, 0.29) is 12.0 Å². The van der Waals surface area contributed by atoms with Gasteiger partial charge in [-0.05, 0) is 40.9 Å². The first-order valence-corrected chi connectivity index (χ1v) is 5.56. The van der Waals surface area contributed by atoms with E-state index >= 15 is 0 Å². The normalized spacial score (nSPS) is 28.7. The first kappa shape index (κ1) is 12.5. The molecule has 88 valence electrons. The van der Waals surface area contributed by atoms with E-state index in [2.05, 4.69) is 18.7 Å². The number of rotatable bonds is 3. The Hall–Kier alpha value is -0.610. The Bertz CT molecular complexity index is 229. The summed E-state index contributed by atoms with van der Waals surface area (Å²) in [4.78, 5) is 15.5. The molecule has 4 nitrogen and oxygen atoms in total. The van der Waals surface area contributed by atoms with E-state index in [1.54, 1.807) is 0 Å². The predicted molar refractivity (Wildman–Crippen MR) is 59.9 cm³/mol. The predicted octanol–water partition coefficient (Wildman–Crippen LogP) is 0.731. The Labute approximate surface area is 91.9 Å². The van der Waals surface area contributed by atoms with Crippen LogP contribution in [-0.2, 0) is 4.79 Å². The number of hydrogen-bond acceptors (Lipinski definition) is 3. The second-order valence-electron chi connectivity index (χ2n) is 4.85. The minimum atomic E-state index is -0.668. The summed E-state index contributed by atoms with van der Waals surface area (Å²) in [6.07, 6.45) is 0.947. The number of nitrogens with zero attached hydrogens (tertiary/aromatic N) is 2. The molecule has 0 amide bonds. The van der Waals surface area contributed by atoms with Gasteiger partial charge in [0.15, 0.2) is 0 Å². The number of aliphatic carboxylic acids is 1. The zero-order valence-electron chi connectivity index (χ0n) is 10.1. The third-order valence-corrected chi connectivity index (χ3v) is 3.32. The van der Waals surface area contributed by atoms with E-state index in [4.69, 9.17) is 0 Å². The van der Waals surface area contributed by atoms with Crippen LogP contribution in [0.25, 0.3) is 0 Å². The molecule has 0 radical (unpaired) electrons. The highest BCUT2D eigenvalue weighted by atomic mass is 16.4. The zero-order chi connectivity index (χ0) is 11.6. The van der Waals surface area contributed by atoms with E-state index in [1.807, 2.05) is 19.0 Å². The van der Waals surface area contributed by atoms with Crippen LogP contribution in [0.15, 0.2) is 0 Å². The molecule has 0 bridgehead atoms. The lowest BCUT2D eigenvalue weighted by Crippen LogP contribution is -2.53. The summed E-state index contributed by atoms with van der Waals surface area (Å²) < 4.78 is 0. The second kappa shape index (κ2) is 4.94. The average molecular weight is 214 g/mol. The highest BCUT2D eigenvalue weighted by molar-refractivity contribution is 5.71. The maximum Gasteiger partial charge on any atom is 0.309 e. The maximum atomic E-state index is 11.2. The highest BCUT2D eigenvalue weighted by Gasteiger charge is 2.35. The van der Waals surface area contributed by atoms with Crippen LogP contribution in [-0.4, -0.2) is 60.1 Å². The van der Waals surface area contributed by atoms with E-state index in [0.717, 1.165) is 13.0 Å². The summed E-state index contributed by atoms with van der Waals surface area (Å²) in [6, 6.07) is 0.618. The Kier molecular flexibility index (Phi) is 4.11. The molecule has 2 unspecified atom stereocenters. The Balaban J connectivity index is 2.69. The summed E-state index contributed by atoms with van der Waals surface area (Å²) in [5.74, 6) is -0.921. The largest absolute Gasteiger partial charge is 0.481 e. The van der Waals surface area contributed by atoms with Gasteiger partial charge in [0.2, 0.25) is 0 Å². The number of hydrogen-bond donors (Lipinski definition) is 1. The van der Waals surface area contributed by atoms with Crippen molar-refractivity contribution in [1.29, 1.82) is 0 Å². The molecule has 4 heteroatoms. The smallest absolute Gasteiger partial charge is 0.309 e. The fourth-order valence-corrected chi connectivity index (χ4v) is 2.29. The summed E-state index contributed by atoms with van der Waals surface area (Å²) in [5.41, 5.74) is 0. The Morgan fingerprint density at radius 2 is 2.07 bits per heavy atom. The maximum absolute atomic E-state index is 11.2. The van der Waals surface area contributed by atoms with Crippen molar-refractivity contribution < 1.29 is 9.90 Å². The molecular weight excluding hydrogens is 192 g/mol. The molecule has 2 atom stereocenters. The molecule has 1 aliphatic rings. The molecule has 15 heavy (non-hydrogen) atoms. The van der Waals surface area contributed by atoms with E-state index in [0.29, 0.717) is 12.6 Å². The van der Waals surface area contributed by atoms with Crippen LogP contribution in [0.5, 0.6) is 0 Å². The van der Waals surface area contributed by atoms with Crippen molar-refractivity contribution in [3.63, 3.8) is 0 Å². The van der Waals surface area contributed by atoms with Gasteiger partial charge in [0, 0.05) is 18.6 Å². The fraction of sp³-hybridized carbons (Fsp3) is 0.909. The lowest BCUT2D eigenvalue weighted by molar-refractivity contribution is -0.146. The van der Waals surface area contributed by atoms with Gasteiger partial charge in [-0.3, -0.25) is 9.69 Å². The molecule has 1 saturated heterocycles. The number of piperidine rings is 1. The van der Waals surface area contributed by atoms with Crippen molar-refractivity contribution in [3.05, 3.63) is 0 Å². The van der Waals surface area contributed by atoms with Crippen LogP contribution < -0.4 is 0 Å². The molecule has 0 aromatic carbocycles. The van der Waals surface area contributed by atoms with Gasteiger partial charge in [-0.1, -0.05) is 0 Å². The van der Waals surface area contributed by atoms with Gasteiger partial charge in [0.05, 0.1) is 5.92 Å². The fourth-order valence-electron chi connectivity index (χ4n) is 2.29. The van der Waals surface area contributed by atoms with Crippen LogP contribution in [0, 0.1) is 5.92 Å². The zero-order valence-corrected chi connectivity index (χ0v) is 10.1. The van der Waals surface area contributed by atoms with Gasteiger partial charge in [0.1, 0.15) is 0 Å². The average Bonchev–Trinajstić information content (AvgIpc) is 2.16. The van der Waals surface area contributed by atoms with Crippen LogP contribution in [0.1, 0.15) is 20.3 Å². The van der Waals surface area contributed by atoms with Crippen molar-refractivity contribution in [1.82, 2.24) is 9.80 Å². The Morgan fingerprint density at radius 1 is 1.47 bits per heavy atom. The van der Waals surface area contributed by atoms with Crippen molar-refractivity contribution in [2.75, 3.05) is 27.2 Å². The molecule has 0 aromatic heterocycles. The van der Waals surface area contributed by atoms with E-state index < -0.39 is 5.97 Å². The van der Waals surface area contributed by atoms with Crippen LogP contribution in [0.2, 0.25) is 0 Å². The van der Waals surface area contributed by atoms with Gasteiger partial charge >= 0.3 is 5.97 Å². The van der Waals surface area contributed by atoms with Gasteiger partial charge in [0.25, 0.3) is 0 Å². The highest BCUT2D eigenvalue weighted by Crippen LogP contribution is 2.22. The summed E-state index contributed by atoms with van der Waals surface area (Å²) >= 11 is 0. The van der Waals surface area contributed by atoms with Gasteiger partial charge in [-0.25, -0.2) is 0 Å². The van der Waals surface area contributed by atoms with Crippen molar-refractivity contribution in [2.45, 2.75) is 32.4 Å². The van der Waals surface area contributed by atoms with Crippen LogP contribution in [0.4, 0.5) is 0 Å². The molecule has 0 spiro atoms. The minimum Gasteiger partial charge on any atom is -0.481 e. The number of carboxylic acids is 1. The second-order valence-corrected chi connectivity index (χ2v) is 4.85. The molecule has 1 fully saturated rings. The number of carboxylic acid groups (broad SMARTS) is 1. The third kappa shape index (κ3) is 2.92. The standard InChI is InChI=1S/C11H22N2O2/c1-8(2)13-6-5-10(12(3)4)9(7-13)11(14)15/h8-10H,5-7H2,1-4H3,(H,14,15). The first-order valence-electron chi connectivity index (χ1n) is 5.56. The number of carbonyl (C=O) groups is 1. The summed E-state index contributed by atoms with van der Waals surface area (Å²) in [5, 5.41) is 9.20. The topological polar surface area (TPSA) is 43.8 Å². The van der Waals surface area contributed by atoms with Gasteiger partial charge in [-0.2, -0.15) is 0 Å². The lowest BCUT2D eigenvalue weighted by atomic mass is 9.90. The molecule has 1 heterocycles. The van der Waals surface area contributed by atoms with E-state index in [1.165, 1.54) is 0 Å². The van der Waals surface area contributed by atoms with Gasteiger partial charge < -0.3 is 10.0 Å². The molecule has 0 aromatic rings. The third-order valence-electron chi connectivity index (χ3n) is 3.32. The van der Waals surface area contributed by atoms with Crippen molar-refractivity contribution in [3.8, 4) is 0 Å². The van der Waals surface area contributed by atoms with Crippen molar-refractivity contribution in [2.24, 2.45) is 5.92 Å². The molecule has 1 rings (SSSR count). The first-order chi connectivity index (χ1) is 6.93. The molecule has 1 aliphatic heterocycles. The molecule has 0 aliphatic carbocycles. The molecule has 1 N–H and O–H groups in total. The van der Waals surface area contributed by atoms with E-state index in [9.17, 15) is 9.90 Å². The van der Waals surface area contributed by atoms with Crippen LogP contribution >= 0.6 is 0 Å². The minimum absolute atomic E-state index is 0.178. The summed E-state index contributed by atoms with van der Waals surface area (Å²) in [7, 11) is 3.93.